The Kier molecular flexibility index (Phi) is 4.75. The minimum absolute atomic E-state index is 0.0900. The van der Waals surface area contributed by atoms with Crippen molar-refractivity contribution in [2.75, 3.05) is 11.9 Å². The molecule has 0 unspecified atom stereocenters. The van der Waals surface area contributed by atoms with E-state index in [4.69, 9.17) is 10.00 Å². The van der Waals surface area contributed by atoms with Gasteiger partial charge in [-0.15, -0.1) is 0 Å². The van der Waals surface area contributed by atoms with E-state index in [9.17, 15) is 4.79 Å². The normalized spacial score (nSPS) is 9.60. The van der Waals surface area contributed by atoms with Crippen molar-refractivity contribution in [1.29, 1.82) is 5.26 Å². The number of hydrogen-bond donors (Lipinski definition) is 1. The third-order valence-electron chi connectivity index (χ3n) is 2.44. The highest BCUT2D eigenvalue weighted by Gasteiger charge is 2.04. The fourth-order valence-electron chi connectivity index (χ4n) is 1.57. The summed E-state index contributed by atoms with van der Waals surface area (Å²) in [5, 5.41) is 11.5. The Bertz CT molecular complexity index is 665. The molecule has 0 aliphatic heterocycles. The predicted octanol–water partition coefficient (Wildman–Crippen LogP) is 3.34. The number of nitrogens with zero attached hydrogens (tertiary/aromatic N) is 1. The highest BCUT2D eigenvalue weighted by atomic mass is 79.9. The lowest BCUT2D eigenvalue weighted by Gasteiger charge is -2.08. The number of hydrogen-bond acceptors (Lipinski definition) is 3. The van der Waals surface area contributed by atoms with Crippen LogP contribution >= 0.6 is 15.9 Å². The van der Waals surface area contributed by atoms with Gasteiger partial charge in [0.25, 0.3) is 5.91 Å². The molecule has 1 N–H and O–H groups in total. The standard InChI is InChI=1S/C15H11BrN2O2/c16-12-4-2-6-14(8-12)20-10-15(19)18-13-5-1-3-11(7-13)9-17/h1-8H,10H2,(H,18,19). The number of benzene rings is 2. The molecule has 0 saturated carbocycles. The third-order valence-corrected chi connectivity index (χ3v) is 2.93. The zero-order valence-corrected chi connectivity index (χ0v) is 12.1. The minimum atomic E-state index is -0.278. The molecule has 20 heavy (non-hydrogen) atoms. The van der Waals surface area contributed by atoms with E-state index < -0.39 is 0 Å². The number of amides is 1. The molecular formula is C15H11BrN2O2. The predicted molar refractivity (Wildman–Crippen MR) is 79.4 cm³/mol. The lowest BCUT2D eigenvalue weighted by Crippen LogP contribution is -2.20. The first-order valence-corrected chi connectivity index (χ1v) is 6.65. The van der Waals surface area contributed by atoms with Crippen molar-refractivity contribution in [3.8, 4) is 11.8 Å². The maximum atomic E-state index is 11.7. The summed E-state index contributed by atoms with van der Waals surface area (Å²) >= 11 is 3.33. The molecule has 100 valence electrons. The molecule has 0 saturated heterocycles. The summed E-state index contributed by atoms with van der Waals surface area (Å²) in [5.41, 5.74) is 1.07. The van der Waals surface area contributed by atoms with E-state index in [1.54, 1.807) is 36.4 Å². The second-order valence-corrected chi connectivity index (χ2v) is 4.90. The molecule has 2 aromatic rings. The maximum absolute atomic E-state index is 11.7. The quantitative estimate of drug-likeness (QED) is 0.935. The van der Waals surface area contributed by atoms with E-state index in [2.05, 4.69) is 21.2 Å². The average molecular weight is 331 g/mol. The molecule has 0 spiro atoms. The number of rotatable bonds is 4. The second kappa shape index (κ2) is 6.73. The SMILES string of the molecule is N#Cc1cccc(NC(=O)COc2cccc(Br)c2)c1. The van der Waals surface area contributed by atoms with E-state index >= 15 is 0 Å². The van der Waals surface area contributed by atoms with Crippen LogP contribution in [0, 0.1) is 11.3 Å². The molecular weight excluding hydrogens is 320 g/mol. The maximum Gasteiger partial charge on any atom is 0.262 e. The molecule has 0 atom stereocenters. The van der Waals surface area contributed by atoms with Crippen LogP contribution in [0.5, 0.6) is 5.75 Å². The van der Waals surface area contributed by atoms with E-state index in [1.807, 2.05) is 18.2 Å². The zero-order chi connectivity index (χ0) is 14.4. The van der Waals surface area contributed by atoms with Gasteiger partial charge >= 0.3 is 0 Å². The minimum Gasteiger partial charge on any atom is -0.484 e. The van der Waals surface area contributed by atoms with E-state index in [0.717, 1.165) is 4.47 Å². The summed E-state index contributed by atoms with van der Waals surface area (Å²) in [6, 6.07) is 16.0. The van der Waals surface area contributed by atoms with Crippen LogP contribution in [0.25, 0.3) is 0 Å². The van der Waals surface area contributed by atoms with Gasteiger partial charge in [-0.3, -0.25) is 4.79 Å². The molecule has 0 heterocycles. The van der Waals surface area contributed by atoms with Crippen molar-refractivity contribution in [2.45, 2.75) is 0 Å². The molecule has 1 amide bonds. The van der Waals surface area contributed by atoms with Gasteiger partial charge in [0.05, 0.1) is 11.6 Å². The molecule has 2 rings (SSSR count). The molecule has 2 aromatic carbocycles. The van der Waals surface area contributed by atoms with Crippen molar-refractivity contribution in [3.05, 3.63) is 58.6 Å². The van der Waals surface area contributed by atoms with Crippen LogP contribution in [0.2, 0.25) is 0 Å². The summed E-state index contributed by atoms with van der Waals surface area (Å²) in [6.45, 7) is -0.0900. The van der Waals surface area contributed by atoms with Crippen LogP contribution in [0.15, 0.2) is 53.0 Å². The van der Waals surface area contributed by atoms with Crippen molar-refractivity contribution in [3.63, 3.8) is 0 Å². The van der Waals surface area contributed by atoms with Gasteiger partial charge in [-0.05, 0) is 36.4 Å². The van der Waals surface area contributed by atoms with Gasteiger partial charge in [-0.2, -0.15) is 5.26 Å². The largest absolute Gasteiger partial charge is 0.484 e. The van der Waals surface area contributed by atoms with Crippen LogP contribution < -0.4 is 10.1 Å². The molecule has 0 aromatic heterocycles. The smallest absolute Gasteiger partial charge is 0.262 e. The molecule has 0 fully saturated rings. The first kappa shape index (κ1) is 14.1. The number of carbonyl (C=O) groups excluding carboxylic acids is 1. The highest BCUT2D eigenvalue weighted by molar-refractivity contribution is 9.10. The molecule has 0 bridgehead atoms. The molecule has 0 radical (unpaired) electrons. The number of nitrogens with one attached hydrogen (secondary N) is 1. The Morgan fingerprint density at radius 3 is 2.80 bits per heavy atom. The van der Waals surface area contributed by atoms with Gasteiger partial charge in [0, 0.05) is 10.2 Å². The Labute approximate surface area is 125 Å². The first-order chi connectivity index (χ1) is 9.67. The number of nitriles is 1. The van der Waals surface area contributed by atoms with Crippen LogP contribution in [0.3, 0.4) is 0 Å². The molecule has 5 heteroatoms. The monoisotopic (exact) mass is 330 g/mol. The van der Waals surface area contributed by atoms with Gasteiger partial charge in [0.15, 0.2) is 6.61 Å². The van der Waals surface area contributed by atoms with Crippen molar-refractivity contribution >= 4 is 27.5 Å². The Balaban J connectivity index is 1.91. The number of anilines is 1. The van der Waals surface area contributed by atoms with Crippen molar-refractivity contribution in [1.82, 2.24) is 0 Å². The first-order valence-electron chi connectivity index (χ1n) is 5.86. The van der Waals surface area contributed by atoms with E-state index in [-0.39, 0.29) is 12.5 Å². The second-order valence-electron chi connectivity index (χ2n) is 3.99. The third kappa shape index (κ3) is 4.11. The lowest BCUT2D eigenvalue weighted by molar-refractivity contribution is -0.118. The molecule has 0 aliphatic rings. The van der Waals surface area contributed by atoms with Crippen LogP contribution in [0.4, 0.5) is 5.69 Å². The van der Waals surface area contributed by atoms with E-state index in [1.165, 1.54) is 0 Å². The van der Waals surface area contributed by atoms with Gasteiger partial charge in [-0.25, -0.2) is 0 Å². The van der Waals surface area contributed by atoms with Crippen LogP contribution in [-0.2, 0) is 4.79 Å². The average Bonchev–Trinajstić information content (AvgIpc) is 2.45. The van der Waals surface area contributed by atoms with Crippen molar-refractivity contribution < 1.29 is 9.53 Å². The lowest BCUT2D eigenvalue weighted by atomic mass is 10.2. The Morgan fingerprint density at radius 1 is 1.25 bits per heavy atom. The fraction of sp³-hybridized carbons (Fsp3) is 0.0667. The number of ether oxygens (including phenoxy) is 1. The van der Waals surface area contributed by atoms with E-state index in [0.29, 0.717) is 17.0 Å². The summed E-state index contributed by atoms with van der Waals surface area (Å²) < 4.78 is 6.26. The van der Waals surface area contributed by atoms with Gasteiger partial charge in [0.2, 0.25) is 0 Å². The zero-order valence-electron chi connectivity index (χ0n) is 10.5. The summed E-state index contributed by atoms with van der Waals surface area (Å²) in [5.74, 6) is 0.334. The Hall–Kier alpha value is -2.32. The van der Waals surface area contributed by atoms with Crippen LogP contribution in [0.1, 0.15) is 5.56 Å². The van der Waals surface area contributed by atoms with Gasteiger partial charge < -0.3 is 10.1 Å². The molecule has 4 nitrogen and oxygen atoms in total. The van der Waals surface area contributed by atoms with Gasteiger partial charge in [0.1, 0.15) is 5.75 Å². The molecule has 0 aliphatic carbocycles. The van der Waals surface area contributed by atoms with Crippen molar-refractivity contribution in [2.24, 2.45) is 0 Å². The summed E-state index contributed by atoms with van der Waals surface area (Å²) in [4.78, 5) is 11.7. The number of halogens is 1. The topological polar surface area (TPSA) is 62.1 Å². The fourth-order valence-corrected chi connectivity index (χ4v) is 1.95. The van der Waals surface area contributed by atoms with Crippen LogP contribution in [-0.4, -0.2) is 12.5 Å². The highest BCUT2D eigenvalue weighted by Crippen LogP contribution is 2.17. The summed E-state index contributed by atoms with van der Waals surface area (Å²) in [6.07, 6.45) is 0. The van der Waals surface area contributed by atoms with Gasteiger partial charge in [-0.1, -0.05) is 28.1 Å². The summed E-state index contributed by atoms with van der Waals surface area (Å²) in [7, 11) is 0. The Morgan fingerprint density at radius 2 is 2.05 bits per heavy atom. The number of carbonyl (C=O) groups is 1.